The minimum atomic E-state index is -5.25. The number of carbonyl (C=O) groups is 2. The van der Waals surface area contributed by atoms with E-state index in [0.717, 1.165) is 36.4 Å². The zero-order valence-electron chi connectivity index (χ0n) is 29.2. The number of carboxylic acid groups (broad SMARTS) is 2. The van der Waals surface area contributed by atoms with Crippen molar-refractivity contribution in [1.82, 2.24) is 0 Å². The number of hydrogen-bond acceptors (Lipinski definition) is 18. The van der Waals surface area contributed by atoms with Crippen molar-refractivity contribution in [3.05, 3.63) is 96.1 Å². The number of aromatic hydroxyl groups is 2. The summed E-state index contributed by atoms with van der Waals surface area (Å²) in [7, 11) is -10.5. The minimum Gasteiger partial charge on any atom is -0.744 e. The summed E-state index contributed by atoms with van der Waals surface area (Å²) in [5.41, 5.74) is 8.33. The number of azo groups is 2. The molecule has 6 rings (SSSR count). The number of rotatable bonds is 9. The van der Waals surface area contributed by atoms with Crippen molar-refractivity contribution in [1.29, 1.82) is 0 Å². The predicted octanol–water partition coefficient (Wildman–Crippen LogP) is 3.82. The summed E-state index contributed by atoms with van der Waals surface area (Å²) in [6, 6.07) is 16.7. The second-order valence-corrected chi connectivity index (χ2v) is 14.1. The van der Waals surface area contributed by atoms with Crippen LogP contribution in [0.15, 0.2) is 115 Å². The number of anilines is 2. The fraction of sp³-hybridized carbons (Fsp3) is 0. The molecule has 0 unspecified atom stereocenters. The molecule has 0 spiro atoms. The van der Waals surface area contributed by atoms with Crippen LogP contribution in [0.2, 0.25) is 0 Å². The van der Waals surface area contributed by atoms with Gasteiger partial charge in [-0.25, -0.2) is 16.8 Å². The van der Waals surface area contributed by atoms with E-state index in [1.165, 1.54) is 48.5 Å². The number of hydrogen-bond donors (Lipinski definition) is 4. The summed E-state index contributed by atoms with van der Waals surface area (Å²) in [6.07, 6.45) is 0. The van der Waals surface area contributed by atoms with Gasteiger partial charge in [-0.2, -0.15) is 0 Å². The second-order valence-electron chi connectivity index (χ2n) is 11.5. The molecule has 21 heteroatoms. The molecule has 55 heavy (non-hydrogen) atoms. The monoisotopic (exact) mass is 822 g/mol. The molecule has 278 valence electrons. The van der Waals surface area contributed by atoms with E-state index in [9.17, 15) is 56.0 Å². The van der Waals surface area contributed by atoms with Gasteiger partial charge in [0.1, 0.15) is 31.6 Å². The number of nitrogens with two attached hydrogens (primary N) is 2. The fourth-order valence-electron chi connectivity index (χ4n) is 5.46. The van der Waals surface area contributed by atoms with Gasteiger partial charge in [0.2, 0.25) is 0 Å². The normalized spacial score (nSPS) is 12.0. The molecule has 6 N–H and O–H groups in total. The van der Waals surface area contributed by atoms with Crippen molar-refractivity contribution in [2.45, 2.75) is 9.79 Å². The van der Waals surface area contributed by atoms with Crippen molar-refractivity contribution >= 4 is 87.8 Å². The summed E-state index contributed by atoms with van der Waals surface area (Å²) in [6.45, 7) is 0. The summed E-state index contributed by atoms with van der Waals surface area (Å²) in [5.74, 6) is -5.10. The average Bonchev–Trinajstić information content (AvgIpc) is 3.09. The van der Waals surface area contributed by atoms with Gasteiger partial charge in [-0.05, 0) is 94.7 Å². The third-order valence-electron chi connectivity index (χ3n) is 7.97. The van der Waals surface area contributed by atoms with Crippen LogP contribution >= 0.6 is 0 Å². The topological polar surface area (TPSA) is 337 Å². The molecule has 0 amide bonds. The van der Waals surface area contributed by atoms with Gasteiger partial charge in [-0.3, -0.25) is 0 Å². The molecule has 0 saturated carbocycles. The SMILES string of the molecule is Nc1ccc2c(O)c(N=Nc3ccc(-c4ccc(N=Nc5c(S(=O)(=O)[O-])cc6cc(N)ccc6c5O)c(C(=O)[O-])c4)cc3C(=O)[O-])c(S(=O)(=O)[O-])cc2c1.[Cr+2].[H+].[H+]. The van der Waals surface area contributed by atoms with Crippen LogP contribution in [-0.2, 0) is 37.6 Å². The van der Waals surface area contributed by atoms with Crippen LogP contribution in [0.3, 0.4) is 0 Å². The number of fused-ring (bicyclic) bond motifs is 2. The van der Waals surface area contributed by atoms with Gasteiger partial charge in [-0.15, -0.1) is 20.5 Å². The van der Waals surface area contributed by atoms with E-state index in [1.807, 2.05) is 0 Å². The molecule has 0 bridgehead atoms. The van der Waals surface area contributed by atoms with Gasteiger partial charge < -0.3 is 50.6 Å². The standard InChI is InChI=1S/C34H24N6O12S2.Cr/c35-19-3-5-21-17(9-19)13-27(53(47,48)49)29(31(21)41)39-37-25-7-1-15(11-23(25)33(43)44)16-2-8-26(24(12-16)34(45)46)38-40-30-28(54(50,51)52)14-18-10-20(36)4-6-22(18)32(30)42;/h1-14,41-42H,35-36H2,(H,43,44)(H,45,46)(H,47,48,49)(H,50,51,52);/q;+2/p-2. The van der Waals surface area contributed by atoms with E-state index in [4.69, 9.17) is 11.5 Å². The molecular formula is C34H22CrN6O12S2. The van der Waals surface area contributed by atoms with Crippen LogP contribution in [0.5, 0.6) is 11.5 Å². The van der Waals surface area contributed by atoms with Crippen LogP contribution < -0.4 is 21.7 Å². The largest absolute Gasteiger partial charge is 2.00 e. The maximum Gasteiger partial charge on any atom is 2.00 e. The van der Waals surface area contributed by atoms with Crippen LogP contribution in [0.4, 0.5) is 34.1 Å². The molecule has 0 radical (unpaired) electrons. The smallest absolute Gasteiger partial charge is 0.744 e. The maximum atomic E-state index is 12.1. The van der Waals surface area contributed by atoms with Crippen molar-refractivity contribution in [3.8, 4) is 22.6 Å². The molecule has 18 nitrogen and oxygen atoms in total. The Bertz CT molecular complexity index is 2720. The zero-order chi connectivity index (χ0) is 39.3. The van der Waals surface area contributed by atoms with Gasteiger partial charge in [0.25, 0.3) is 0 Å². The third-order valence-corrected chi connectivity index (χ3v) is 9.67. The van der Waals surface area contributed by atoms with Gasteiger partial charge in [0.05, 0.1) is 33.1 Å². The Morgan fingerprint density at radius 2 is 0.927 bits per heavy atom. The molecule has 6 aromatic carbocycles. The summed E-state index contributed by atoms with van der Waals surface area (Å²) in [4.78, 5) is 22.4. The van der Waals surface area contributed by atoms with Crippen LogP contribution in [0, 0.1) is 0 Å². The fourth-order valence-corrected chi connectivity index (χ4v) is 6.75. The third kappa shape index (κ3) is 7.92. The maximum absolute atomic E-state index is 12.1. The summed E-state index contributed by atoms with van der Waals surface area (Å²) >= 11 is 0. The molecule has 0 saturated heterocycles. The van der Waals surface area contributed by atoms with Crippen LogP contribution in [-0.4, -0.2) is 48.1 Å². The number of aromatic carboxylic acids is 2. The summed E-state index contributed by atoms with van der Waals surface area (Å²) in [5, 5.41) is 61.1. The summed E-state index contributed by atoms with van der Waals surface area (Å²) < 4.78 is 72.3. The number of nitrogen functional groups attached to an aromatic ring is 2. The van der Waals surface area contributed by atoms with E-state index < -0.39 is 87.3 Å². The minimum absolute atomic E-state index is 0. The van der Waals surface area contributed by atoms with E-state index in [1.54, 1.807) is 0 Å². The van der Waals surface area contributed by atoms with Crippen molar-refractivity contribution in [3.63, 3.8) is 0 Å². The first-order chi connectivity index (χ1) is 25.3. The first-order valence-electron chi connectivity index (χ1n) is 14.9. The Hall–Kier alpha value is -6.47. The van der Waals surface area contributed by atoms with Gasteiger partial charge in [0, 0.05) is 33.3 Å². The molecule has 6 aromatic rings. The number of carboxylic acids is 2. The first-order valence-corrected chi connectivity index (χ1v) is 17.7. The Balaban J connectivity index is 0.00000290. The Morgan fingerprint density at radius 3 is 1.25 bits per heavy atom. The Morgan fingerprint density at radius 1 is 0.564 bits per heavy atom. The van der Waals surface area contributed by atoms with E-state index >= 15 is 0 Å². The predicted molar refractivity (Wildman–Crippen MR) is 187 cm³/mol. The number of benzene rings is 6. The molecular weight excluding hydrogens is 801 g/mol. The molecule has 0 heterocycles. The van der Waals surface area contributed by atoms with Gasteiger partial charge in [-0.1, -0.05) is 12.1 Å². The van der Waals surface area contributed by atoms with Crippen LogP contribution in [0.25, 0.3) is 32.7 Å². The molecule has 0 atom stereocenters. The van der Waals surface area contributed by atoms with E-state index in [-0.39, 0.29) is 64.3 Å². The van der Waals surface area contributed by atoms with Crippen molar-refractivity contribution < 1.29 is 76.2 Å². The van der Waals surface area contributed by atoms with E-state index in [0.29, 0.717) is 0 Å². The van der Waals surface area contributed by atoms with E-state index in [2.05, 4.69) is 20.5 Å². The number of carbonyl (C=O) groups excluding carboxylic acids is 2. The first kappa shape index (κ1) is 39.7. The van der Waals surface area contributed by atoms with Crippen molar-refractivity contribution in [2.75, 3.05) is 11.5 Å². The number of phenols is 2. The second kappa shape index (κ2) is 14.7. The molecule has 0 aliphatic heterocycles. The average molecular weight is 823 g/mol. The molecule has 0 fully saturated rings. The molecule has 0 aromatic heterocycles. The Kier molecular flexibility index (Phi) is 10.7. The Labute approximate surface area is 323 Å². The van der Waals surface area contributed by atoms with Gasteiger partial charge >= 0.3 is 20.2 Å². The molecule has 0 aliphatic rings. The van der Waals surface area contributed by atoms with Gasteiger partial charge in [0.15, 0.2) is 11.5 Å². The zero-order valence-corrected chi connectivity index (χ0v) is 30.1. The number of phenolic OH excluding ortho intramolecular Hbond substituents is 2. The number of nitrogens with zero attached hydrogens (tertiary/aromatic N) is 4. The quantitative estimate of drug-likeness (QED) is 0.0915. The van der Waals surface area contributed by atoms with Crippen molar-refractivity contribution in [2.24, 2.45) is 20.5 Å². The molecule has 0 aliphatic carbocycles. The van der Waals surface area contributed by atoms with Crippen LogP contribution in [0.1, 0.15) is 23.6 Å².